The van der Waals surface area contributed by atoms with Crippen molar-refractivity contribution in [3.8, 4) is 17.4 Å². The molecular formula is C33H38F4N2O3. The summed E-state index contributed by atoms with van der Waals surface area (Å²) < 4.78 is 66.0. The minimum absolute atomic E-state index is 0. The molecule has 0 spiro atoms. The van der Waals surface area contributed by atoms with Crippen molar-refractivity contribution in [1.29, 1.82) is 0 Å². The van der Waals surface area contributed by atoms with Crippen molar-refractivity contribution >= 4 is 11.1 Å². The number of benzene rings is 2. The first-order chi connectivity index (χ1) is 19.8. The molecule has 1 saturated heterocycles. The van der Waals surface area contributed by atoms with E-state index in [1.165, 1.54) is 6.20 Å². The molecule has 2 aliphatic rings. The number of phenolic OH excluding ortho intramolecular Hbond substituents is 1. The normalized spacial score (nSPS) is 17.4. The fourth-order valence-corrected chi connectivity index (χ4v) is 5.74. The van der Waals surface area contributed by atoms with Gasteiger partial charge in [-0.25, -0.2) is 4.98 Å². The number of alkyl halides is 4. The van der Waals surface area contributed by atoms with E-state index in [9.17, 15) is 22.7 Å². The quantitative estimate of drug-likeness (QED) is 0.258. The Labute approximate surface area is 244 Å². The molecule has 1 atom stereocenters. The second kappa shape index (κ2) is 13.6. The largest absolute Gasteiger partial charge is 0.508 e. The van der Waals surface area contributed by atoms with Crippen LogP contribution in [0.3, 0.4) is 0 Å². The molecule has 1 N–H and O–H groups in total. The molecular weight excluding hydrogens is 548 g/mol. The summed E-state index contributed by atoms with van der Waals surface area (Å²) in [5.41, 5.74) is 3.68. The monoisotopic (exact) mass is 586 g/mol. The number of halogens is 4. The maximum absolute atomic E-state index is 14.0. The van der Waals surface area contributed by atoms with Crippen molar-refractivity contribution in [1.82, 2.24) is 9.88 Å². The lowest BCUT2D eigenvalue weighted by molar-refractivity contribution is -0.139. The van der Waals surface area contributed by atoms with Crippen LogP contribution in [0.4, 0.5) is 17.6 Å². The molecule has 2 aromatic carbocycles. The number of aromatic hydroxyl groups is 1. The fourth-order valence-electron chi connectivity index (χ4n) is 5.74. The Hall–Kier alpha value is -3.59. The number of aromatic nitrogens is 1. The topological polar surface area (TPSA) is 54.8 Å². The first-order valence-corrected chi connectivity index (χ1v) is 14.1. The van der Waals surface area contributed by atoms with Gasteiger partial charge in [0.05, 0.1) is 13.3 Å². The number of phenols is 1. The second-order valence-corrected chi connectivity index (χ2v) is 10.5. The van der Waals surface area contributed by atoms with Crippen LogP contribution in [0.2, 0.25) is 0 Å². The van der Waals surface area contributed by atoms with Crippen molar-refractivity contribution in [3.63, 3.8) is 0 Å². The average molecular weight is 587 g/mol. The van der Waals surface area contributed by atoms with Gasteiger partial charge in [0.2, 0.25) is 5.88 Å². The molecule has 0 bridgehead atoms. The lowest BCUT2D eigenvalue weighted by Crippen LogP contribution is -2.26. The van der Waals surface area contributed by atoms with Crippen molar-refractivity contribution in [2.24, 2.45) is 0 Å². The molecule has 1 aliphatic heterocycles. The zero-order valence-corrected chi connectivity index (χ0v) is 23.0. The zero-order chi connectivity index (χ0) is 29.0. The highest BCUT2D eigenvalue weighted by atomic mass is 19.4. The van der Waals surface area contributed by atoms with Gasteiger partial charge in [-0.05, 0) is 103 Å². The van der Waals surface area contributed by atoms with Crippen LogP contribution in [0.5, 0.6) is 17.4 Å². The third-order valence-electron chi connectivity index (χ3n) is 7.60. The molecule has 1 aromatic heterocycles. The second-order valence-electron chi connectivity index (χ2n) is 10.5. The van der Waals surface area contributed by atoms with Crippen molar-refractivity contribution in [2.75, 3.05) is 32.9 Å². The Kier molecular flexibility index (Phi) is 10.1. The van der Waals surface area contributed by atoms with Gasteiger partial charge >= 0.3 is 6.18 Å². The number of rotatable bonds is 9. The smallest absolute Gasteiger partial charge is 0.421 e. The molecule has 5 nitrogen and oxygen atoms in total. The Bertz CT molecular complexity index is 1390. The van der Waals surface area contributed by atoms with Gasteiger partial charge in [0.1, 0.15) is 23.2 Å². The van der Waals surface area contributed by atoms with Crippen LogP contribution in [0, 0.1) is 0 Å². The third kappa shape index (κ3) is 7.06. The summed E-state index contributed by atoms with van der Waals surface area (Å²) in [6, 6.07) is 13.9. The number of likely N-dealkylation sites (tertiary alicyclic amines) is 1. The number of nitrogens with zero attached hydrogens (tertiary/aromatic N) is 2. The summed E-state index contributed by atoms with van der Waals surface area (Å²) in [4.78, 5) is 6.28. The van der Waals surface area contributed by atoms with E-state index in [1.807, 2.05) is 30.3 Å². The number of ether oxygens (including phenoxy) is 2. The number of aryl methyl sites for hydroxylation is 1. The predicted molar refractivity (Wildman–Crippen MR) is 157 cm³/mol. The highest BCUT2D eigenvalue weighted by Crippen LogP contribution is 2.43. The standard InChI is InChI=1S/C32H34F4N2O3.CH4/c1-2-40-31-29(32(34,35)36)18-23(19-37-31)27-6-3-5-22-17-24(39)9-12-28(22)30(27)21-7-10-25(11-8-21)41-26-13-16-38(20-26)15-4-14-33;/h7-12,17-19,26,39H,2-6,13-16,20H2,1H3;1H4/t26-;/m0./s1. The van der Waals surface area contributed by atoms with Crippen LogP contribution >= 0.6 is 0 Å². The zero-order valence-electron chi connectivity index (χ0n) is 23.0. The van der Waals surface area contributed by atoms with E-state index < -0.39 is 17.6 Å². The van der Waals surface area contributed by atoms with E-state index in [0.29, 0.717) is 37.0 Å². The van der Waals surface area contributed by atoms with Crippen LogP contribution in [0.25, 0.3) is 11.1 Å². The lowest BCUT2D eigenvalue weighted by atomic mass is 9.88. The minimum Gasteiger partial charge on any atom is -0.508 e. The third-order valence-corrected chi connectivity index (χ3v) is 7.60. The number of hydrogen-bond acceptors (Lipinski definition) is 5. The summed E-state index contributed by atoms with van der Waals surface area (Å²) in [6.07, 6.45) is 0.149. The molecule has 0 amide bonds. The molecule has 3 aromatic rings. The summed E-state index contributed by atoms with van der Waals surface area (Å²) in [5, 5.41) is 10.2. The van der Waals surface area contributed by atoms with Gasteiger partial charge in [0.25, 0.3) is 0 Å². The Morgan fingerprint density at radius 1 is 1.05 bits per heavy atom. The van der Waals surface area contributed by atoms with Crippen LogP contribution in [0.1, 0.15) is 67.9 Å². The van der Waals surface area contributed by atoms with E-state index in [0.717, 1.165) is 60.0 Å². The van der Waals surface area contributed by atoms with E-state index in [4.69, 9.17) is 9.47 Å². The van der Waals surface area contributed by atoms with Crippen LogP contribution in [-0.4, -0.2) is 54.0 Å². The van der Waals surface area contributed by atoms with Gasteiger partial charge in [-0.3, -0.25) is 9.29 Å². The molecule has 0 radical (unpaired) electrons. The van der Waals surface area contributed by atoms with E-state index >= 15 is 0 Å². The fraction of sp³-hybridized carbons (Fsp3) is 0.424. The number of pyridine rings is 1. The van der Waals surface area contributed by atoms with Gasteiger partial charge in [0, 0.05) is 25.8 Å². The summed E-state index contributed by atoms with van der Waals surface area (Å²) in [7, 11) is 0. The molecule has 9 heteroatoms. The summed E-state index contributed by atoms with van der Waals surface area (Å²) >= 11 is 0. The van der Waals surface area contributed by atoms with Crippen molar-refractivity contribution in [2.45, 2.75) is 58.7 Å². The van der Waals surface area contributed by atoms with Gasteiger partial charge < -0.3 is 14.6 Å². The van der Waals surface area contributed by atoms with Crippen LogP contribution < -0.4 is 9.47 Å². The van der Waals surface area contributed by atoms with Gasteiger partial charge in [-0.1, -0.05) is 25.6 Å². The van der Waals surface area contributed by atoms with E-state index in [-0.39, 0.29) is 32.6 Å². The molecule has 0 unspecified atom stereocenters. The average Bonchev–Trinajstić information content (AvgIpc) is 3.31. The summed E-state index contributed by atoms with van der Waals surface area (Å²) in [6.45, 7) is 3.72. The SMILES string of the molecule is C.CCOc1ncc(C2=C(c3ccc(O[C@H]4CCN(CCCF)C4)cc3)c3ccc(O)cc3CCC2)cc1C(F)(F)F. The lowest BCUT2D eigenvalue weighted by Gasteiger charge is -2.19. The molecule has 5 rings (SSSR count). The number of fused-ring (bicyclic) bond motifs is 1. The molecule has 1 fully saturated rings. The summed E-state index contributed by atoms with van der Waals surface area (Å²) in [5.74, 6) is 0.422. The predicted octanol–water partition coefficient (Wildman–Crippen LogP) is 7.95. The minimum atomic E-state index is -4.62. The van der Waals surface area contributed by atoms with Gasteiger partial charge in [-0.15, -0.1) is 0 Å². The molecule has 2 heterocycles. The maximum atomic E-state index is 14.0. The Balaban J connectivity index is 0.00000405. The molecule has 42 heavy (non-hydrogen) atoms. The highest BCUT2D eigenvalue weighted by Gasteiger charge is 2.36. The Morgan fingerprint density at radius 3 is 2.55 bits per heavy atom. The number of hydrogen-bond donors (Lipinski definition) is 1. The van der Waals surface area contributed by atoms with Gasteiger partial charge in [0.15, 0.2) is 0 Å². The van der Waals surface area contributed by atoms with Crippen LogP contribution in [0.15, 0.2) is 54.7 Å². The maximum Gasteiger partial charge on any atom is 0.421 e. The highest BCUT2D eigenvalue weighted by molar-refractivity contribution is 6.00. The number of allylic oxidation sites excluding steroid dienone is 1. The van der Waals surface area contributed by atoms with E-state index in [2.05, 4.69) is 9.88 Å². The molecule has 1 aliphatic carbocycles. The van der Waals surface area contributed by atoms with Crippen molar-refractivity contribution in [3.05, 3.63) is 82.5 Å². The molecule has 0 saturated carbocycles. The van der Waals surface area contributed by atoms with Gasteiger partial charge in [-0.2, -0.15) is 13.2 Å². The van der Waals surface area contributed by atoms with Crippen LogP contribution in [-0.2, 0) is 12.6 Å². The first-order valence-electron chi connectivity index (χ1n) is 14.1. The van der Waals surface area contributed by atoms with Crippen molar-refractivity contribution < 1.29 is 32.1 Å². The Morgan fingerprint density at radius 2 is 1.83 bits per heavy atom. The molecule has 226 valence electrons. The first kappa shape index (κ1) is 31.3. The van der Waals surface area contributed by atoms with E-state index in [1.54, 1.807) is 19.1 Å².